The number of likely N-dealkylation sites (N-methyl/N-ethyl adjacent to an activating group) is 1. The van der Waals surface area contributed by atoms with Crippen molar-refractivity contribution in [1.82, 2.24) is 10.2 Å². The van der Waals surface area contributed by atoms with Crippen molar-refractivity contribution in [3.8, 4) is 0 Å². The first kappa shape index (κ1) is 23.9. The highest BCUT2D eigenvalue weighted by atomic mass is 127. The molecule has 0 saturated heterocycles. The van der Waals surface area contributed by atoms with Crippen LogP contribution in [0.2, 0.25) is 0 Å². The molecule has 0 amide bonds. The molecule has 1 aliphatic rings. The quantitative estimate of drug-likeness (QED) is 0.212. The number of guanidine groups is 1. The van der Waals surface area contributed by atoms with Crippen molar-refractivity contribution < 1.29 is 9.47 Å². The molecule has 1 rings (SSSR count). The van der Waals surface area contributed by atoms with Gasteiger partial charge in [-0.25, -0.2) is 0 Å². The fourth-order valence-corrected chi connectivity index (χ4v) is 2.43. The van der Waals surface area contributed by atoms with Gasteiger partial charge >= 0.3 is 0 Å². The summed E-state index contributed by atoms with van der Waals surface area (Å²) in [5.41, 5.74) is 0. The van der Waals surface area contributed by atoms with Crippen LogP contribution in [0.3, 0.4) is 0 Å². The molecular weight excluding hydrogens is 417 g/mol. The normalized spacial score (nSPS) is 16.0. The molecule has 0 bridgehead atoms. The lowest BCUT2D eigenvalue weighted by Gasteiger charge is -2.23. The second-order valence-electron chi connectivity index (χ2n) is 6.70. The van der Waals surface area contributed by atoms with Gasteiger partial charge < -0.3 is 19.7 Å². The first-order valence-corrected chi connectivity index (χ1v) is 9.27. The third-order valence-corrected chi connectivity index (χ3v) is 4.12. The number of hydrogen-bond acceptors (Lipinski definition) is 3. The van der Waals surface area contributed by atoms with Crippen LogP contribution in [0, 0.1) is 11.8 Å². The molecule has 0 radical (unpaired) electrons. The van der Waals surface area contributed by atoms with Crippen LogP contribution in [-0.2, 0) is 9.47 Å². The van der Waals surface area contributed by atoms with Gasteiger partial charge in [0.1, 0.15) is 0 Å². The van der Waals surface area contributed by atoms with Gasteiger partial charge in [0.15, 0.2) is 5.96 Å². The molecule has 0 aromatic carbocycles. The Kier molecular flexibility index (Phi) is 14.1. The molecule has 0 spiro atoms. The van der Waals surface area contributed by atoms with Gasteiger partial charge in [-0.15, -0.1) is 24.0 Å². The van der Waals surface area contributed by atoms with Crippen molar-refractivity contribution in [2.24, 2.45) is 16.8 Å². The molecule has 1 aliphatic carbocycles. The topological polar surface area (TPSA) is 46.1 Å². The van der Waals surface area contributed by atoms with E-state index in [0.29, 0.717) is 12.0 Å². The Hall–Kier alpha value is -0.0800. The minimum Gasteiger partial charge on any atom is -0.379 e. The molecule has 1 fully saturated rings. The molecule has 0 heterocycles. The van der Waals surface area contributed by atoms with E-state index >= 15 is 0 Å². The smallest absolute Gasteiger partial charge is 0.193 e. The van der Waals surface area contributed by atoms with E-state index in [-0.39, 0.29) is 24.0 Å². The molecule has 5 nitrogen and oxygen atoms in total. The van der Waals surface area contributed by atoms with Gasteiger partial charge in [0.25, 0.3) is 0 Å². The van der Waals surface area contributed by atoms with Crippen molar-refractivity contribution in [3.63, 3.8) is 0 Å². The fraction of sp³-hybridized carbons (Fsp3) is 0.944. The van der Waals surface area contributed by atoms with Crippen molar-refractivity contribution in [1.29, 1.82) is 0 Å². The molecule has 1 unspecified atom stereocenters. The molecule has 0 aliphatic heterocycles. The number of nitrogens with zero attached hydrogens (tertiary/aromatic N) is 2. The van der Waals surface area contributed by atoms with E-state index in [1.165, 1.54) is 12.8 Å². The average Bonchev–Trinajstić information content (AvgIpc) is 3.33. The van der Waals surface area contributed by atoms with Gasteiger partial charge in [-0.3, -0.25) is 4.99 Å². The molecule has 0 aromatic rings. The first-order chi connectivity index (χ1) is 11.1. The summed E-state index contributed by atoms with van der Waals surface area (Å²) in [5.74, 6) is 2.32. The zero-order valence-corrected chi connectivity index (χ0v) is 18.5. The largest absolute Gasteiger partial charge is 0.379 e. The Balaban J connectivity index is 0.00000529. The monoisotopic (exact) mass is 455 g/mol. The zero-order chi connectivity index (χ0) is 17.1. The predicted molar refractivity (Wildman–Crippen MR) is 112 cm³/mol. The number of hydrogen-bond donors (Lipinski definition) is 1. The van der Waals surface area contributed by atoms with Gasteiger partial charge in [-0.2, -0.15) is 0 Å². The van der Waals surface area contributed by atoms with Gasteiger partial charge in [-0.05, 0) is 44.9 Å². The second kappa shape index (κ2) is 14.1. The lowest BCUT2D eigenvalue weighted by molar-refractivity contribution is 0.0266. The Morgan fingerprint density at radius 1 is 1.29 bits per heavy atom. The summed E-state index contributed by atoms with van der Waals surface area (Å²) in [6.07, 6.45) is 3.94. The van der Waals surface area contributed by atoms with Crippen LogP contribution >= 0.6 is 24.0 Å². The van der Waals surface area contributed by atoms with Gasteiger partial charge in [0.2, 0.25) is 0 Å². The van der Waals surface area contributed by atoms with Crippen LogP contribution in [0.25, 0.3) is 0 Å². The van der Waals surface area contributed by atoms with Gasteiger partial charge in [-0.1, -0.05) is 13.8 Å². The molecule has 24 heavy (non-hydrogen) atoms. The van der Waals surface area contributed by atoms with Crippen LogP contribution in [0.4, 0.5) is 0 Å². The third-order valence-electron chi connectivity index (χ3n) is 4.12. The van der Waals surface area contributed by atoms with Crippen molar-refractivity contribution in [3.05, 3.63) is 0 Å². The Bertz CT molecular complexity index is 336. The van der Waals surface area contributed by atoms with E-state index < -0.39 is 0 Å². The summed E-state index contributed by atoms with van der Waals surface area (Å²) in [6.45, 7) is 13.6. The van der Waals surface area contributed by atoms with Crippen LogP contribution in [-0.4, -0.2) is 63.5 Å². The van der Waals surface area contributed by atoms with E-state index in [4.69, 9.17) is 14.5 Å². The summed E-state index contributed by atoms with van der Waals surface area (Å²) in [4.78, 5) is 6.89. The maximum atomic E-state index is 5.79. The maximum absolute atomic E-state index is 5.79. The third kappa shape index (κ3) is 10.7. The molecule has 6 heteroatoms. The molecule has 1 atom stereocenters. The predicted octanol–water partition coefficient (Wildman–Crippen LogP) is 3.38. The van der Waals surface area contributed by atoms with Gasteiger partial charge in [0, 0.05) is 39.9 Å². The Morgan fingerprint density at radius 2 is 2.00 bits per heavy atom. The maximum Gasteiger partial charge on any atom is 0.193 e. The molecular formula is C18H38IN3O2. The van der Waals surface area contributed by atoms with Crippen LogP contribution in [0.1, 0.15) is 47.0 Å². The zero-order valence-electron chi connectivity index (χ0n) is 16.2. The molecule has 1 saturated carbocycles. The highest BCUT2D eigenvalue weighted by molar-refractivity contribution is 14.0. The summed E-state index contributed by atoms with van der Waals surface area (Å²) >= 11 is 0. The second-order valence-corrected chi connectivity index (χ2v) is 6.70. The van der Waals surface area contributed by atoms with E-state index in [9.17, 15) is 0 Å². The number of aliphatic imine (C=N–C) groups is 1. The molecule has 1 N–H and O–H groups in total. The van der Waals surface area contributed by atoms with Crippen LogP contribution < -0.4 is 5.32 Å². The Labute approximate surface area is 166 Å². The number of nitrogens with one attached hydrogen (secondary N) is 1. The minimum absolute atomic E-state index is 0. The lowest BCUT2D eigenvalue weighted by atomic mass is 10.0. The van der Waals surface area contributed by atoms with Crippen LogP contribution in [0.15, 0.2) is 4.99 Å². The standard InChI is InChI=1S/C18H37N3O2.HI/c1-6-19-18(20-11-10-17(15(3)4)23-7-2)21(5)12-13-22-14-16-8-9-16;/h15-17H,6-14H2,1-5H3,(H,19,20);1H. The van der Waals surface area contributed by atoms with Crippen molar-refractivity contribution >= 4 is 29.9 Å². The summed E-state index contributed by atoms with van der Waals surface area (Å²) < 4.78 is 11.5. The Morgan fingerprint density at radius 3 is 2.54 bits per heavy atom. The van der Waals surface area contributed by atoms with Crippen molar-refractivity contribution in [2.75, 3.05) is 46.5 Å². The highest BCUT2D eigenvalue weighted by Crippen LogP contribution is 2.28. The SMILES string of the molecule is CCNC(=NCCC(OCC)C(C)C)N(C)CCOCC1CC1.I. The van der Waals surface area contributed by atoms with Crippen molar-refractivity contribution in [2.45, 2.75) is 53.1 Å². The fourth-order valence-electron chi connectivity index (χ4n) is 2.43. The molecule has 0 aromatic heterocycles. The van der Waals surface area contributed by atoms with Gasteiger partial charge in [0.05, 0.1) is 12.7 Å². The number of rotatable bonds is 12. The summed E-state index contributed by atoms with van der Waals surface area (Å²) in [7, 11) is 2.07. The summed E-state index contributed by atoms with van der Waals surface area (Å²) in [6, 6.07) is 0. The van der Waals surface area contributed by atoms with E-state index in [1.54, 1.807) is 0 Å². The lowest BCUT2D eigenvalue weighted by Crippen LogP contribution is -2.40. The summed E-state index contributed by atoms with van der Waals surface area (Å²) in [5, 5.41) is 3.36. The van der Waals surface area contributed by atoms with Crippen LogP contribution in [0.5, 0.6) is 0 Å². The molecule has 144 valence electrons. The van der Waals surface area contributed by atoms with E-state index in [1.807, 2.05) is 0 Å². The van der Waals surface area contributed by atoms with E-state index in [2.05, 4.69) is 45.0 Å². The highest BCUT2D eigenvalue weighted by Gasteiger charge is 2.21. The number of ether oxygens (including phenoxy) is 2. The minimum atomic E-state index is 0. The first-order valence-electron chi connectivity index (χ1n) is 9.27. The average molecular weight is 455 g/mol. The van der Waals surface area contributed by atoms with E-state index in [0.717, 1.165) is 57.8 Å². The number of halogens is 1.